The van der Waals surface area contributed by atoms with Gasteiger partial charge in [0.2, 0.25) is 5.88 Å². The molecule has 0 spiro atoms. The fraction of sp³-hybridized carbons (Fsp3) is 0.286. The number of thiophene rings is 1. The van der Waals surface area contributed by atoms with Crippen molar-refractivity contribution < 1.29 is 14.5 Å². The van der Waals surface area contributed by atoms with Crippen LogP contribution in [-0.4, -0.2) is 10.7 Å². The van der Waals surface area contributed by atoms with Gasteiger partial charge >= 0.3 is 0 Å². The zero-order chi connectivity index (χ0) is 15.9. The number of nitrogens with two attached hydrogens (primary N) is 1. The molecule has 0 radical (unpaired) electrons. The Morgan fingerprint density at radius 1 is 1.50 bits per heavy atom. The highest BCUT2D eigenvalue weighted by Crippen LogP contribution is 2.45. The molecular weight excluding hydrogens is 306 g/mol. The molecule has 0 fully saturated rings. The maximum atomic E-state index is 12.3. The van der Waals surface area contributed by atoms with E-state index in [0.717, 1.165) is 11.3 Å². The van der Waals surface area contributed by atoms with Crippen molar-refractivity contribution in [3.63, 3.8) is 0 Å². The Kier molecular flexibility index (Phi) is 3.42. The molecule has 0 amide bonds. The highest BCUT2D eigenvalue weighted by atomic mass is 32.1. The Morgan fingerprint density at radius 3 is 2.91 bits per heavy atom. The molecular formula is C14H11N3O4S. The van der Waals surface area contributed by atoms with Crippen LogP contribution in [-0.2, 0) is 9.53 Å². The summed E-state index contributed by atoms with van der Waals surface area (Å²) in [6.07, 6.45) is 1.62. The lowest BCUT2D eigenvalue weighted by Crippen LogP contribution is -2.26. The van der Waals surface area contributed by atoms with E-state index in [-0.39, 0.29) is 22.9 Å². The van der Waals surface area contributed by atoms with Gasteiger partial charge in [-0.2, -0.15) is 5.26 Å². The van der Waals surface area contributed by atoms with Crippen LogP contribution in [0.1, 0.15) is 30.1 Å². The van der Waals surface area contributed by atoms with E-state index in [0.29, 0.717) is 35.5 Å². The molecule has 8 heteroatoms. The number of nitrogens with zero attached hydrogens (tertiary/aromatic N) is 2. The number of rotatable bonds is 2. The molecule has 0 aromatic carbocycles. The second-order valence-corrected chi connectivity index (χ2v) is 5.95. The first-order chi connectivity index (χ1) is 10.5. The van der Waals surface area contributed by atoms with Crippen LogP contribution >= 0.6 is 11.3 Å². The monoisotopic (exact) mass is 317 g/mol. The number of carbonyl (C=O) groups is 1. The molecule has 7 nitrogen and oxygen atoms in total. The third kappa shape index (κ3) is 2.16. The fourth-order valence-corrected chi connectivity index (χ4v) is 3.70. The number of nitriles is 1. The number of ketones is 1. The lowest BCUT2D eigenvalue weighted by atomic mass is 9.80. The highest BCUT2D eigenvalue weighted by Gasteiger charge is 2.39. The van der Waals surface area contributed by atoms with Gasteiger partial charge in [0.1, 0.15) is 17.4 Å². The van der Waals surface area contributed by atoms with Crippen molar-refractivity contribution >= 4 is 22.8 Å². The number of hydrogen-bond donors (Lipinski definition) is 1. The summed E-state index contributed by atoms with van der Waals surface area (Å²) >= 11 is 1.14. The summed E-state index contributed by atoms with van der Waals surface area (Å²) in [5.74, 6) is -0.311. The molecule has 112 valence electrons. The van der Waals surface area contributed by atoms with Gasteiger partial charge in [-0.1, -0.05) is 0 Å². The van der Waals surface area contributed by atoms with Gasteiger partial charge in [-0.3, -0.25) is 14.9 Å². The fourth-order valence-electron chi connectivity index (χ4n) is 2.73. The van der Waals surface area contributed by atoms with Crippen LogP contribution in [0.4, 0.5) is 5.69 Å². The van der Waals surface area contributed by atoms with E-state index in [4.69, 9.17) is 10.5 Å². The average molecular weight is 317 g/mol. The van der Waals surface area contributed by atoms with Gasteiger partial charge in [0.15, 0.2) is 5.78 Å². The van der Waals surface area contributed by atoms with E-state index >= 15 is 0 Å². The number of allylic oxidation sites excluding steroid dienone is 3. The predicted octanol–water partition coefficient (Wildman–Crippen LogP) is 2.47. The van der Waals surface area contributed by atoms with Crippen LogP contribution in [0.3, 0.4) is 0 Å². The second-order valence-electron chi connectivity index (χ2n) is 5.00. The number of hydrogen-bond acceptors (Lipinski definition) is 7. The van der Waals surface area contributed by atoms with Crippen LogP contribution in [0.15, 0.2) is 34.2 Å². The number of carbonyl (C=O) groups excluding carboxylic acids is 1. The zero-order valence-electron chi connectivity index (χ0n) is 11.4. The molecule has 2 heterocycles. The van der Waals surface area contributed by atoms with E-state index in [9.17, 15) is 20.2 Å². The first-order valence-corrected chi connectivity index (χ1v) is 7.47. The van der Waals surface area contributed by atoms with Gasteiger partial charge in [0, 0.05) is 29.4 Å². The summed E-state index contributed by atoms with van der Waals surface area (Å²) in [5, 5.41) is 21.6. The zero-order valence-corrected chi connectivity index (χ0v) is 12.2. The number of ether oxygens (including phenoxy) is 1. The molecule has 1 aromatic rings. The maximum absolute atomic E-state index is 12.3. The summed E-state index contributed by atoms with van der Waals surface area (Å²) in [7, 11) is 0. The Bertz CT molecular complexity index is 784. The van der Waals surface area contributed by atoms with Crippen molar-refractivity contribution in [2.24, 2.45) is 5.73 Å². The lowest BCUT2D eigenvalue weighted by Gasteiger charge is -2.30. The van der Waals surface area contributed by atoms with Crippen LogP contribution in [0.25, 0.3) is 0 Å². The summed E-state index contributed by atoms with van der Waals surface area (Å²) in [4.78, 5) is 23.2. The first kappa shape index (κ1) is 14.3. The molecule has 3 rings (SSSR count). The summed E-state index contributed by atoms with van der Waals surface area (Å²) in [5.41, 5.74) is 6.28. The average Bonchev–Trinajstić information content (AvgIpc) is 2.95. The molecule has 2 aliphatic rings. The van der Waals surface area contributed by atoms with Crippen LogP contribution in [0.2, 0.25) is 0 Å². The topological polar surface area (TPSA) is 119 Å². The van der Waals surface area contributed by atoms with Gasteiger partial charge in [-0.25, -0.2) is 0 Å². The quantitative estimate of drug-likeness (QED) is 0.661. The third-order valence-electron chi connectivity index (χ3n) is 3.71. The molecule has 0 saturated heterocycles. The van der Waals surface area contributed by atoms with Crippen molar-refractivity contribution in [3.8, 4) is 6.07 Å². The smallest absolute Gasteiger partial charge is 0.280 e. The number of Topliss-reactive ketones (excluding diaryl/α,β-unsaturated/α-hetero) is 1. The van der Waals surface area contributed by atoms with Crippen molar-refractivity contribution in [2.45, 2.75) is 25.2 Å². The van der Waals surface area contributed by atoms with Crippen molar-refractivity contribution in [3.05, 3.63) is 49.2 Å². The van der Waals surface area contributed by atoms with E-state index < -0.39 is 10.8 Å². The SMILES string of the molecule is N#CC1=C(N)OC2=C(C(=O)CCC2)[C@H]1c1cc([N+](=O)[O-])cs1. The summed E-state index contributed by atoms with van der Waals surface area (Å²) in [6, 6.07) is 3.36. The normalized spacial score (nSPS) is 21.2. The molecule has 1 atom stereocenters. The molecule has 1 aliphatic carbocycles. The molecule has 0 saturated carbocycles. The molecule has 22 heavy (non-hydrogen) atoms. The van der Waals surface area contributed by atoms with Crippen LogP contribution in [0.5, 0.6) is 0 Å². The van der Waals surface area contributed by atoms with Crippen molar-refractivity contribution in [1.29, 1.82) is 5.26 Å². The largest absolute Gasteiger partial charge is 0.444 e. The lowest BCUT2D eigenvalue weighted by molar-refractivity contribution is -0.384. The van der Waals surface area contributed by atoms with Gasteiger partial charge < -0.3 is 10.5 Å². The van der Waals surface area contributed by atoms with Crippen LogP contribution in [0, 0.1) is 21.4 Å². The Labute approximate surface area is 129 Å². The second kappa shape index (κ2) is 5.27. The predicted molar refractivity (Wildman–Crippen MR) is 77.5 cm³/mol. The molecule has 2 N–H and O–H groups in total. The third-order valence-corrected chi connectivity index (χ3v) is 4.69. The molecule has 1 aliphatic heterocycles. The van der Waals surface area contributed by atoms with E-state index in [1.54, 1.807) is 0 Å². The maximum Gasteiger partial charge on any atom is 0.280 e. The minimum atomic E-state index is -0.666. The van der Waals surface area contributed by atoms with Gasteiger partial charge in [0.05, 0.1) is 16.2 Å². The Balaban J connectivity index is 2.15. The molecule has 0 bridgehead atoms. The summed E-state index contributed by atoms with van der Waals surface area (Å²) in [6.45, 7) is 0. The Hall–Kier alpha value is -2.66. The standard InChI is InChI=1S/C14H11N3O4S/c15-5-8-12(11-4-7(6-22-11)17(19)20)13-9(18)2-1-3-10(13)21-14(8)16/h4,6,12H,1-3,16H2/t12-/m1/s1. The first-order valence-electron chi connectivity index (χ1n) is 6.59. The van der Waals surface area contributed by atoms with Crippen molar-refractivity contribution in [1.82, 2.24) is 0 Å². The van der Waals surface area contributed by atoms with Gasteiger partial charge in [0.25, 0.3) is 5.69 Å². The van der Waals surface area contributed by atoms with Gasteiger partial charge in [-0.15, -0.1) is 11.3 Å². The van der Waals surface area contributed by atoms with Gasteiger partial charge in [-0.05, 0) is 6.42 Å². The minimum Gasteiger partial charge on any atom is -0.444 e. The van der Waals surface area contributed by atoms with E-state index in [2.05, 4.69) is 0 Å². The Morgan fingerprint density at radius 2 is 2.27 bits per heavy atom. The molecule has 0 unspecified atom stereocenters. The number of nitro groups is 1. The summed E-state index contributed by atoms with van der Waals surface area (Å²) < 4.78 is 5.43. The minimum absolute atomic E-state index is 0.0306. The van der Waals surface area contributed by atoms with E-state index in [1.807, 2.05) is 6.07 Å². The molecule has 1 aromatic heterocycles. The van der Waals surface area contributed by atoms with Crippen molar-refractivity contribution in [2.75, 3.05) is 0 Å². The van der Waals surface area contributed by atoms with Crippen LogP contribution < -0.4 is 5.73 Å². The van der Waals surface area contributed by atoms with E-state index in [1.165, 1.54) is 11.4 Å². The highest BCUT2D eigenvalue weighted by molar-refractivity contribution is 7.10.